The van der Waals surface area contributed by atoms with Crippen LogP contribution in [0.25, 0.3) is 275 Å². The van der Waals surface area contributed by atoms with Crippen molar-refractivity contribution in [1.29, 1.82) is 0 Å². The van der Waals surface area contributed by atoms with E-state index >= 15 is 0 Å². The normalized spacial score (nSPS) is 11.5. The van der Waals surface area contributed by atoms with Gasteiger partial charge in [0.2, 0.25) is 17.1 Å². The fourth-order valence-electron chi connectivity index (χ4n) is 20.6. The Bertz CT molecular complexity index is 9870. The van der Waals surface area contributed by atoms with Crippen LogP contribution in [0.1, 0.15) is 0 Å². The van der Waals surface area contributed by atoms with Gasteiger partial charge in [-0.3, -0.25) is 13.2 Å². The molecule has 0 spiro atoms. The zero-order valence-corrected chi connectivity index (χ0v) is 80.7. The van der Waals surface area contributed by atoms with Crippen molar-refractivity contribution in [1.82, 2.24) is 58.1 Å². The largest absolute Gasteiger partial charge is 0.438 e. The minimum Gasteiger partial charge on any atom is -0.438 e. The standard InChI is InChI=1S/2C47H30N4O.C41H26N4O/c1-3-14-31(15-4-1)33-18-11-21-36(28-33)44-48-45(37-22-12-19-34(29-37)32-16-5-2-6-17-32)50-46(49-44)38-23-13-20-35(30-38)43-39-24-7-8-25-40(39)51-41-26-9-10-27-42(41)52-47(43)51;1-3-13-31(14-4-1)35-17-11-19-37(29-35)45-48-44(49-46(50-45)38-20-12-18-36(30-38)32-15-5-2-6-16-32)34-27-25-33(26-28-34)43-39-21-7-8-22-40(39)51-41-23-9-10-24-42(41)52-47(43)51;1-3-11-30(12-4-1)38-42-39(31-13-5-2-6-14-31)44-40(43-38)32-25-21-28(22-26-32)27-19-23-29(24-20-27)37-33-15-7-8-16-34(33)45-35-17-9-10-18-36(35)46-41(37)45/h2*1-30H;1-26H. The van der Waals surface area contributed by atoms with Crippen molar-refractivity contribution in [2.45, 2.75) is 0 Å². The van der Waals surface area contributed by atoms with Gasteiger partial charge >= 0.3 is 0 Å². The zero-order chi connectivity index (χ0) is 99.3. The van der Waals surface area contributed by atoms with E-state index in [4.69, 9.17) is 58.1 Å². The first-order valence-electron chi connectivity index (χ1n) is 50.0. The third kappa shape index (κ3) is 16.7. The second-order valence-electron chi connectivity index (χ2n) is 37.1. The maximum Gasteiger partial charge on any atom is 0.213 e. The Kier molecular flexibility index (Phi) is 22.6. The van der Waals surface area contributed by atoms with E-state index in [2.05, 4.69) is 401 Å². The summed E-state index contributed by atoms with van der Waals surface area (Å²) >= 11 is 0. The fraction of sp³-hybridized carbons (Fsp3) is 0. The number of oxazole rings is 3. The predicted octanol–water partition coefficient (Wildman–Crippen LogP) is 34.4. The number of fused-ring (bicyclic) bond motifs is 15. The molecule has 0 bridgehead atoms. The smallest absolute Gasteiger partial charge is 0.213 e. The average molecular weight is 1920 g/mol. The summed E-state index contributed by atoms with van der Waals surface area (Å²) in [5, 5.41) is 3.43. The topological polar surface area (TPSA) is 169 Å². The lowest BCUT2D eigenvalue weighted by atomic mass is 9.99. The second-order valence-corrected chi connectivity index (χ2v) is 37.1. The minimum absolute atomic E-state index is 0.599. The quantitative estimate of drug-likeness (QED) is 0.0847. The molecule has 150 heavy (non-hydrogen) atoms. The van der Waals surface area contributed by atoms with Gasteiger partial charge in [-0.05, 0) is 157 Å². The van der Waals surface area contributed by atoms with Crippen molar-refractivity contribution in [3.8, 4) is 192 Å². The number of hydrogen-bond acceptors (Lipinski definition) is 12. The van der Waals surface area contributed by atoms with Crippen LogP contribution in [0.2, 0.25) is 0 Å². The number of hydrogen-bond donors (Lipinski definition) is 0. The molecule has 0 atom stereocenters. The van der Waals surface area contributed by atoms with Crippen molar-refractivity contribution in [3.05, 3.63) is 522 Å². The highest BCUT2D eigenvalue weighted by Crippen LogP contribution is 2.46. The third-order valence-corrected chi connectivity index (χ3v) is 27.8. The number of rotatable bonds is 17. The molecule has 29 rings (SSSR count). The Balaban J connectivity index is 0.000000111. The molecule has 0 radical (unpaired) electrons. The SMILES string of the molecule is c1ccc(-c2cccc(-c3nc(-c4ccc(-c5c6ccccc6n6c5oc5ccccc56)cc4)nc(-c4cccc(-c5ccccc5)c4)n3)c2)cc1.c1ccc(-c2cccc(-c3nc(-c4cccc(-c5ccccc5)c4)nc(-c4cccc(-c5c6ccccc6n6c5oc5ccccc56)c4)n3)c2)cc1.c1ccc(-c2nc(-c3ccccc3)nc(-c3ccc(-c4ccc(-c5c6ccccc6n6c5oc5ccccc56)cc4)cc3)n2)cc1. The molecule has 20 aromatic carbocycles. The van der Waals surface area contributed by atoms with Gasteiger partial charge in [0, 0.05) is 66.2 Å². The maximum absolute atomic E-state index is 6.54. The van der Waals surface area contributed by atoms with Gasteiger partial charge in [0.25, 0.3) is 0 Å². The molecule has 0 aliphatic carbocycles. The highest BCUT2D eigenvalue weighted by molar-refractivity contribution is 6.10. The third-order valence-electron chi connectivity index (χ3n) is 27.8. The highest BCUT2D eigenvalue weighted by atomic mass is 16.4. The van der Waals surface area contributed by atoms with Crippen molar-refractivity contribution in [3.63, 3.8) is 0 Å². The van der Waals surface area contributed by atoms with E-state index in [-0.39, 0.29) is 0 Å². The van der Waals surface area contributed by atoms with Crippen LogP contribution < -0.4 is 0 Å². The molecule has 0 saturated carbocycles. The molecule has 704 valence electrons. The van der Waals surface area contributed by atoms with Gasteiger partial charge in [-0.2, -0.15) is 0 Å². The first kappa shape index (κ1) is 88.4. The Hall–Kier alpha value is -20.6. The molecule has 9 heterocycles. The van der Waals surface area contributed by atoms with Crippen LogP contribution in [0.4, 0.5) is 0 Å². The van der Waals surface area contributed by atoms with Crippen LogP contribution in [-0.2, 0) is 0 Å². The van der Waals surface area contributed by atoms with E-state index in [1.165, 1.54) is 5.39 Å². The van der Waals surface area contributed by atoms with Gasteiger partial charge in [0.05, 0.1) is 49.8 Å². The second kappa shape index (κ2) is 38.3. The van der Waals surface area contributed by atoms with Crippen molar-refractivity contribution < 1.29 is 13.3 Å². The Morgan fingerprint density at radius 2 is 0.287 bits per heavy atom. The van der Waals surface area contributed by atoms with Crippen LogP contribution in [0.3, 0.4) is 0 Å². The lowest BCUT2D eigenvalue weighted by molar-refractivity contribution is 0.658. The van der Waals surface area contributed by atoms with Gasteiger partial charge in [-0.1, -0.05) is 437 Å². The Morgan fingerprint density at radius 3 is 0.553 bits per heavy atom. The number of aromatic nitrogens is 12. The molecule has 15 nitrogen and oxygen atoms in total. The molecule has 0 N–H and O–H groups in total. The lowest BCUT2D eigenvalue weighted by Crippen LogP contribution is -2.00. The van der Waals surface area contributed by atoms with E-state index in [0.717, 1.165) is 217 Å². The molecular weight excluding hydrogens is 1840 g/mol. The molecule has 0 amide bonds. The van der Waals surface area contributed by atoms with E-state index < -0.39 is 0 Å². The van der Waals surface area contributed by atoms with Gasteiger partial charge in [0.1, 0.15) is 0 Å². The predicted molar refractivity (Wildman–Crippen MR) is 607 cm³/mol. The molecule has 29 aromatic rings. The Morgan fingerprint density at radius 1 is 0.120 bits per heavy atom. The maximum atomic E-state index is 6.54. The average Bonchev–Trinajstić information content (AvgIpc) is 1.57. The van der Waals surface area contributed by atoms with Crippen molar-refractivity contribution >= 4 is 83.1 Å². The van der Waals surface area contributed by atoms with Crippen molar-refractivity contribution in [2.24, 2.45) is 0 Å². The number of para-hydroxylation sites is 9. The van der Waals surface area contributed by atoms with Crippen LogP contribution in [0.15, 0.2) is 535 Å². The molecule has 0 aliphatic rings. The van der Waals surface area contributed by atoms with Crippen LogP contribution in [-0.4, -0.2) is 58.1 Å². The summed E-state index contributed by atoms with van der Waals surface area (Å²) in [5.41, 5.74) is 37.6. The molecule has 0 unspecified atom stereocenters. The molecular formula is C135H86N12O3. The first-order chi connectivity index (χ1) is 74.3. The molecule has 0 aliphatic heterocycles. The molecule has 0 saturated heterocycles. The summed E-state index contributed by atoms with van der Waals surface area (Å²) in [6, 6.07) is 179. The fourth-order valence-corrected chi connectivity index (χ4v) is 20.6. The molecule has 0 fully saturated rings. The van der Waals surface area contributed by atoms with E-state index in [0.29, 0.717) is 52.4 Å². The lowest BCUT2D eigenvalue weighted by Gasteiger charge is -2.11. The van der Waals surface area contributed by atoms with Crippen LogP contribution in [0, 0.1) is 0 Å². The summed E-state index contributed by atoms with van der Waals surface area (Å²) < 4.78 is 26.1. The number of nitrogens with zero attached hydrogens (tertiary/aromatic N) is 12. The zero-order valence-electron chi connectivity index (χ0n) is 80.7. The van der Waals surface area contributed by atoms with Gasteiger partial charge in [-0.15, -0.1) is 0 Å². The van der Waals surface area contributed by atoms with Crippen molar-refractivity contribution in [2.75, 3.05) is 0 Å². The van der Waals surface area contributed by atoms with Gasteiger partial charge < -0.3 is 13.3 Å². The minimum atomic E-state index is 0.599. The number of benzene rings is 20. The van der Waals surface area contributed by atoms with Crippen LogP contribution >= 0.6 is 0 Å². The summed E-state index contributed by atoms with van der Waals surface area (Å²) in [5.74, 6) is 5.62. The van der Waals surface area contributed by atoms with E-state index in [9.17, 15) is 0 Å². The van der Waals surface area contributed by atoms with Crippen LogP contribution in [0.5, 0.6) is 0 Å². The summed E-state index contributed by atoms with van der Waals surface area (Å²) in [6.07, 6.45) is 0. The van der Waals surface area contributed by atoms with E-state index in [1.807, 2.05) is 133 Å². The Labute approximate surface area is 861 Å². The molecule has 15 heteroatoms. The first-order valence-corrected chi connectivity index (χ1v) is 50.0. The summed E-state index contributed by atoms with van der Waals surface area (Å²) in [4.78, 5) is 45.2. The molecule has 9 aromatic heterocycles. The monoisotopic (exact) mass is 1920 g/mol. The summed E-state index contributed by atoms with van der Waals surface area (Å²) in [6.45, 7) is 0. The highest BCUT2D eigenvalue weighted by Gasteiger charge is 2.27. The van der Waals surface area contributed by atoms with Gasteiger partial charge in [0.15, 0.2) is 69.2 Å². The van der Waals surface area contributed by atoms with Gasteiger partial charge in [-0.25, -0.2) is 44.9 Å². The summed E-state index contributed by atoms with van der Waals surface area (Å²) in [7, 11) is 0. The van der Waals surface area contributed by atoms with E-state index in [1.54, 1.807) is 0 Å².